The lowest BCUT2D eigenvalue weighted by atomic mass is 10.1. The molecule has 0 amide bonds. The van der Waals surface area contributed by atoms with Crippen LogP contribution in [0.25, 0.3) is 0 Å². The van der Waals surface area contributed by atoms with Gasteiger partial charge < -0.3 is 9.64 Å². The van der Waals surface area contributed by atoms with Crippen molar-refractivity contribution in [1.82, 2.24) is 4.90 Å². The molecule has 18 heavy (non-hydrogen) atoms. The van der Waals surface area contributed by atoms with E-state index in [1.807, 2.05) is 0 Å². The van der Waals surface area contributed by atoms with Gasteiger partial charge in [-0.15, -0.1) is 13.2 Å². The lowest BCUT2D eigenvalue weighted by Crippen LogP contribution is -2.23. The maximum Gasteiger partial charge on any atom is 0.573 e. The number of carbonyl (C=O) groups excluding carboxylic acids is 1. The van der Waals surface area contributed by atoms with E-state index < -0.39 is 6.36 Å². The number of hydrogen-bond donors (Lipinski definition) is 0. The van der Waals surface area contributed by atoms with Crippen molar-refractivity contribution >= 4 is 5.78 Å². The summed E-state index contributed by atoms with van der Waals surface area (Å²) in [5.74, 6) is -0.282. The second-order valence-corrected chi connectivity index (χ2v) is 4.14. The first-order valence-corrected chi connectivity index (χ1v) is 5.27. The summed E-state index contributed by atoms with van der Waals surface area (Å²) in [7, 11) is 3.55. The molecule has 6 heteroatoms. The molecule has 0 heterocycles. The average Bonchev–Trinajstić information content (AvgIpc) is 2.17. The minimum atomic E-state index is -4.69. The molecular formula is C12H14F3NO2. The Morgan fingerprint density at radius 1 is 1.22 bits per heavy atom. The number of benzene rings is 1. The molecule has 0 fully saturated rings. The summed E-state index contributed by atoms with van der Waals surface area (Å²) in [6.07, 6.45) is -4.49. The summed E-state index contributed by atoms with van der Waals surface area (Å²) in [6.45, 7) is 0.306. The van der Waals surface area contributed by atoms with Gasteiger partial charge in [-0.25, -0.2) is 0 Å². The van der Waals surface area contributed by atoms with E-state index in [0.29, 0.717) is 12.1 Å². The first-order valence-electron chi connectivity index (χ1n) is 5.27. The largest absolute Gasteiger partial charge is 0.573 e. The Morgan fingerprint density at radius 2 is 1.78 bits per heavy atom. The van der Waals surface area contributed by atoms with E-state index >= 15 is 0 Å². The number of Topliss-reactive ketones (excluding diaryl/α,β-unsaturated/α-hetero) is 1. The van der Waals surface area contributed by atoms with Gasteiger partial charge in [-0.2, -0.15) is 0 Å². The normalized spacial score (nSPS) is 11.7. The molecule has 0 saturated carbocycles. The topological polar surface area (TPSA) is 29.5 Å². The molecule has 1 aromatic carbocycles. The SMILES string of the molecule is CN(C)CC(=O)Cc1ccc(OC(F)(F)F)cc1. The van der Waals surface area contributed by atoms with Gasteiger partial charge in [-0.05, 0) is 31.8 Å². The number of likely N-dealkylation sites (N-methyl/N-ethyl adjacent to an activating group) is 1. The molecule has 0 saturated heterocycles. The van der Waals surface area contributed by atoms with Crippen molar-refractivity contribution in [3.05, 3.63) is 29.8 Å². The molecule has 1 aromatic rings. The van der Waals surface area contributed by atoms with Crippen molar-refractivity contribution in [2.45, 2.75) is 12.8 Å². The van der Waals surface area contributed by atoms with E-state index in [-0.39, 0.29) is 18.0 Å². The van der Waals surface area contributed by atoms with Crippen molar-refractivity contribution in [1.29, 1.82) is 0 Å². The van der Waals surface area contributed by atoms with E-state index in [1.165, 1.54) is 24.3 Å². The molecule has 0 bridgehead atoms. The Balaban J connectivity index is 2.58. The quantitative estimate of drug-likeness (QED) is 0.814. The standard InChI is InChI=1S/C12H14F3NO2/c1-16(2)8-10(17)7-9-3-5-11(6-4-9)18-12(13,14)15/h3-6H,7-8H2,1-2H3. The summed E-state index contributed by atoms with van der Waals surface area (Å²) in [6, 6.07) is 5.31. The minimum absolute atomic E-state index is 0.00416. The number of carbonyl (C=O) groups is 1. The molecular weight excluding hydrogens is 247 g/mol. The van der Waals surface area contributed by atoms with Gasteiger partial charge in [0.25, 0.3) is 0 Å². The van der Waals surface area contributed by atoms with Gasteiger partial charge >= 0.3 is 6.36 Å². The molecule has 100 valence electrons. The summed E-state index contributed by atoms with van der Waals surface area (Å²) in [5.41, 5.74) is 0.663. The van der Waals surface area contributed by atoms with Crippen LogP contribution in [0.5, 0.6) is 5.75 Å². The zero-order chi connectivity index (χ0) is 13.8. The number of hydrogen-bond acceptors (Lipinski definition) is 3. The number of rotatable bonds is 5. The van der Waals surface area contributed by atoms with E-state index in [9.17, 15) is 18.0 Å². The van der Waals surface area contributed by atoms with E-state index in [2.05, 4.69) is 4.74 Å². The molecule has 3 nitrogen and oxygen atoms in total. The zero-order valence-corrected chi connectivity index (χ0v) is 10.1. The summed E-state index contributed by atoms with van der Waals surface area (Å²) in [4.78, 5) is 13.2. The molecule has 0 aliphatic rings. The number of ketones is 1. The van der Waals surface area contributed by atoms with Crippen LogP contribution in [-0.2, 0) is 11.2 Å². The van der Waals surface area contributed by atoms with Gasteiger partial charge in [-0.1, -0.05) is 12.1 Å². The summed E-state index contributed by atoms with van der Waals surface area (Å²) < 4.78 is 39.5. The minimum Gasteiger partial charge on any atom is -0.406 e. The molecule has 0 aromatic heterocycles. The van der Waals surface area contributed by atoms with Crippen LogP contribution >= 0.6 is 0 Å². The monoisotopic (exact) mass is 261 g/mol. The highest BCUT2D eigenvalue weighted by Gasteiger charge is 2.30. The van der Waals surface area contributed by atoms with Crippen LogP contribution < -0.4 is 4.74 Å². The highest BCUT2D eigenvalue weighted by molar-refractivity contribution is 5.82. The zero-order valence-electron chi connectivity index (χ0n) is 10.1. The van der Waals surface area contributed by atoms with Crippen LogP contribution in [0.1, 0.15) is 5.56 Å². The van der Waals surface area contributed by atoms with E-state index in [4.69, 9.17) is 0 Å². The maximum absolute atomic E-state index is 11.9. The van der Waals surface area contributed by atoms with Crippen LogP contribution in [0.15, 0.2) is 24.3 Å². The van der Waals surface area contributed by atoms with Crippen LogP contribution in [0.4, 0.5) is 13.2 Å². The predicted octanol–water partition coefficient (Wildman–Crippen LogP) is 2.26. The second kappa shape index (κ2) is 5.86. The van der Waals surface area contributed by atoms with Gasteiger partial charge in [0.15, 0.2) is 5.78 Å². The first kappa shape index (κ1) is 14.5. The average molecular weight is 261 g/mol. The number of nitrogens with zero attached hydrogens (tertiary/aromatic N) is 1. The molecule has 0 radical (unpaired) electrons. The summed E-state index contributed by atoms with van der Waals surface area (Å²) in [5, 5.41) is 0. The van der Waals surface area contributed by atoms with Crippen LogP contribution in [0, 0.1) is 0 Å². The Labute approximate surface area is 103 Å². The Hall–Kier alpha value is -1.56. The lowest BCUT2D eigenvalue weighted by Gasteiger charge is -2.10. The van der Waals surface area contributed by atoms with Crippen molar-refractivity contribution in [2.75, 3.05) is 20.6 Å². The fraction of sp³-hybridized carbons (Fsp3) is 0.417. The smallest absolute Gasteiger partial charge is 0.406 e. The van der Waals surface area contributed by atoms with E-state index in [0.717, 1.165) is 0 Å². The fourth-order valence-electron chi connectivity index (χ4n) is 1.45. The maximum atomic E-state index is 11.9. The van der Waals surface area contributed by atoms with Crippen LogP contribution in [0.3, 0.4) is 0 Å². The number of halogens is 3. The second-order valence-electron chi connectivity index (χ2n) is 4.14. The number of ether oxygens (including phenoxy) is 1. The summed E-state index contributed by atoms with van der Waals surface area (Å²) >= 11 is 0. The van der Waals surface area contributed by atoms with Crippen LogP contribution in [0.2, 0.25) is 0 Å². The Kier molecular flexibility index (Phi) is 4.72. The number of alkyl halides is 3. The molecule has 0 N–H and O–H groups in total. The Morgan fingerprint density at radius 3 is 2.22 bits per heavy atom. The molecule has 0 spiro atoms. The predicted molar refractivity (Wildman–Crippen MR) is 60.4 cm³/mol. The first-order chi connectivity index (χ1) is 8.26. The highest BCUT2D eigenvalue weighted by Crippen LogP contribution is 2.22. The molecule has 0 atom stereocenters. The third-order valence-electron chi connectivity index (χ3n) is 2.05. The van der Waals surface area contributed by atoms with Gasteiger partial charge in [-0.3, -0.25) is 4.79 Å². The van der Waals surface area contributed by atoms with Gasteiger partial charge in [0, 0.05) is 6.42 Å². The third-order valence-corrected chi connectivity index (χ3v) is 2.05. The van der Waals surface area contributed by atoms with Gasteiger partial charge in [0.2, 0.25) is 0 Å². The van der Waals surface area contributed by atoms with Crippen molar-refractivity contribution in [3.8, 4) is 5.75 Å². The Bertz CT molecular complexity index is 399. The highest BCUT2D eigenvalue weighted by atomic mass is 19.4. The van der Waals surface area contributed by atoms with E-state index in [1.54, 1.807) is 19.0 Å². The van der Waals surface area contributed by atoms with Crippen molar-refractivity contribution < 1.29 is 22.7 Å². The van der Waals surface area contributed by atoms with Gasteiger partial charge in [0.1, 0.15) is 5.75 Å². The van der Waals surface area contributed by atoms with Crippen molar-refractivity contribution in [3.63, 3.8) is 0 Å². The third kappa shape index (κ3) is 5.67. The molecule has 1 rings (SSSR count). The van der Waals surface area contributed by atoms with Crippen molar-refractivity contribution in [2.24, 2.45) is 0 Å². The molecule has 0 aliphatic carbocycles. The van der Waals surface area contributed by atoms with Crippen LogP contribution in [-0.4, -0.2) is 37.7 Å². The molecule has 0 aliphatic heterocycles. The lowest BCUT2D eigenvalue weighted by molar-refractivity contribution is -0.274. The van der Waals surface area contributed by atoms with Gasteiger partial charge in [0.05, 0.1) is 6.54 Å². The molecule has 0 unspecified atom stereocenters. The fourth-order valence-corrected chi connectivity index (χ4v) is 1.45.